The number of anilines is 1. The number of hydrogen-bond acceptors (Lipinski definition) is 4. The zero-order chi connectivity index (χ0) is 21.0. The van der Waals surface area contributed by atoms with Crippen LogP contribution in [0.2, 0.25) is 10.0 Å². The van der Waals surface area contributed by atoms with E-state index in [1.807, 2.05) is 0 Å². The summed E-state index contributed by atoms with van der Waals surface area (Å²) in [5, 5.41) is 0.893. The van der Waals surface area contributed by atoms with E-state index >= 15 is 0 Å². The number of sulfonamides is 1. The molecular weight excluding hydrogens is 433 g/mol. The number of halogens is 2. The summed E-state index contributed by atoms with van der Waals surface area (Å²) in [6.45, 7) is 0.0751. The van der Waals surface area contributed by atoms with E-state index in [0.29, 0.717) is 27.2 Å². The van der Waals surface area contributed by atoms with Crippen molar-refractivity contribution in [3.8, 4) is 11.5 Å². The first-order valence-corrected chi connectivity index (χ1v) is 10.8. The Morgan fingerprint density at radius 2 is 1.52 bits per heavy atom. The van der Waals surface area contributed by atoms with Gasteiger partial charge in [-0.2, -0.15) is 0 Å². The minimum Gasteiger partial charge on any atom is -0.493 e. The lowest BCUT2D eigenvalue weighted by Gasteiger charge is -2.25. The van der Waals surface area contributed by atoms with Crippen LogP contribution in [0.5, 0.6) is 11.5 Å². The predicted molar refractivity (Wildman–Crippen MR) is 116 cm³/mol. The zero-order valence-electron chi connectivity index (χ0n) is 15.8. The molecule has 0 amide bonds. The lowest BCUT2D eigenvalue weighted by molar-refractivity contribution is 0.354. The molecule has 0 aliphatic carbocycles. The minimum atomic E-state index is -3.88. The summed E-state index contributed by atoms with van der Waals surface area (Å²) in [5.74, 6) is 1.08. The Morgan fingerprint density at radius 3 is 2.14 bits per heavy atom. The molecule has 0 fully saturated rings. The van der Waals surface area contributed by atoms with E-state index in [2.05, 4.69) is 0 Å². The third-order valence-electron chi connectivity index (χ3n) is 4.27. The second-order valence-corrected chi connectivity index (χ2v) is 8.87. The van der Waals surface area contributed by atoms with Crippen LogP contribution in [0.25, 0.3) is 0 Å². The van der Waals surface area contributed by atoms with Crippen molar-refractivity contribution in [1.29, 1.82) is 0 Å². The monoisotopic (exact) mass is 451 g/mol. The first-order valence-electron chi connectivity index (χ1n) is 8.60. The summed E-state index contributed by atoms with van der Waals surface area (Å²) in [4.78, 5) is 0.127. The van der Waals surface area contributed by atoms with Gasteiger partial charge in [0.25, 0.3) is 10.0 Å². The minimum absolute atomic E-state index is 0.0751. The number of ether oxygens (including phenoxy) is 2. The normalized spacial score (nSPS) is 11.2. The van der Waals surface area contributed by atoms with E-state index in [4.69, 9.17) is 32.7 Å². The van der Waals surface area contributed by atoms with E-state index < -0.39 is 10.0 Å². The molecule has 0 radical (unpaired) electrons. The lowest BCUT2D eigenvalue weighted by Crippen LogP contribution is -2.30. The van der Waals surface area contributed by atoms with E-state index in [9.17, 15) is 8.42 Å². The number of hydrogen-bond donors (Lipinski definition) is 0. The third-order valence-corrected chi connectivity index (χ3v) is 6.55. The highest BCUT2D eigenvalue weighted by molar-refractivity contribution is 7.92. The van der Waals surface area contributed by atoms with Gasteiger partial charge in [-0.3, -0.25) is 4.31 Å². The maximum Gasteiger partial charge on any atom is 0.264 e. The van der Waals surface area contributed by atoms with E-state index in [0.717, 1.165) is 5.56 Å². The molecular formula is C21H19Cl2NO4S. The van der Waals surface area contributed by atoms with Crippen LogP contribution in [-0.4, -0.2) is 22.6 Å². The molecule has 0 atom stereocenters. The van der Waals surface area contributed by atoms with Crippen LogP contribution < -0.4 is 13.8 Å². The standard InChI is InChI=1S/C21H19Cl2NO4S/c1-27-20-11-6-15(12-21(20)28-2)14-24(18-5-3-4-17(23)13-18)29(25,26)19-9-7-16(22)8-10-19/h3-13H,14H2,1-2H3. The molecule has 0 saturated heterocycles. The molecule has 152 valence electrons. The van der Waals surface area contributed by atoms with Gasteiger partial charge in [0, 0.05) is 10.0 Å². The average molecular weight is 452 g/mol. The first kappa shape index (κ1) is 21.3. The van der Waals surface area contributed by atoms with Crippen LogP contribution >= 0.6 is 23.2 Å². The van der Waals surface area contributed by atoms with Crippen molar-refractivity contribution >= 4 is 38.9 Å². The smallest absolute Gasteiger partial charge is 0.264 e. The van der Waals surface area contributed by atoms with Crippen molar-refractivity contribution < 1.29 is 17.9 Å². The Balaban J connectivity index is 2.08. The van der Waals surface area contributed by atoms with Crippen LogP contribution in [-0.2, 0) is 16.6 Å². The topological polar surface area (TPSA) is 55.8 Å². The maximum absolute atomic E-state index is 13.4. The fourth-order valence-corrected chi connectivity index (χ4v) is 4.58. The fourth-order valence-electron chi connectivity index (χ4n) is 2.82. The van der Waals surface area contributed by atoms with E-state index in [-0.39, 0.29) is 11.4 Å². The Kier molecular flexibility index (Phi) is 6.57. The Bertz CT molecular complexity index is 1100. The van der Waals surface area contributed by atoms with Gasteiger partial charge in [-0.25, -0.2) is 8.42 Å². The Hall–Kier alpha value is -2.41. The molecule has 0 aliphatic rings. The first-order chi connectivity index (χ1) is 13.8. The van der Waals surface area contributed by atoms with Crippen molar-refractivity contribution in [3.05, 3.63) is 82.3 Å². The lowest BCUT2D eigenvalue weighted by atomic mass is 10.2. The summed E-state index contributed by atoms with van der Waals surface area (Å²) in [6.07, 6.45) is 0. The molecule has 8 heteroatoms. The van der Waals surface area contributed by atoms with Gasteiger partial charge < -0.3 is 9.47 Å². The molecule has 29 heavy (non-hydrogen) atoms. The van der Waals surface area contributed by atoms with Gasteiger partial charge in [0.1, 0.15) is 0 Å². The van der Waals surface area contributed by atoms with Gasteiger partial charge in [-0.1, -0.05) is 35.3 Å². The van der Waals surface area contributed by atoms with Gasteiger partial charge in [-0.05, 0) is 60.2 Å². The molecule has 5 nitrogen and oxygen atoms in total. The van der Waals surface area contributed by atoms with Crippen molar-refractivity contribution in [2.75, 3.05) is 18.5 Å². The highest BCUT2D eigenvalue weighted by Crippen LogP contribution is 2.32. The summed E-state index contributed by atoms with van der Waals surface area (Å²) < 4.78 is 38.7. The molecule has 3 rings (SSSR count). The number of benzene rings is 3. The summed E-state index contributed by atoms with van der Waals surface area (Å²) in [7, 11) is -0.806. The van der Waals surface area contributed by atoms with Gasteiger partial charge in [0.15, 0.2) is 11.5 Å². The molecule has 3 aromatic rings. The van der Waals surface area contributed by atoms with Gasteiger partial charge in [0.05, 0.1) is 31.3 Å². The van der Waals surface area contributed by atoms with Crippen molar-refractivity contribution in [1.82, 2.24) is 0 Å². The molecule has 0 N–H and O–H groups in total. The molecule has 0 aromatic heterocycles. The summed E-state index contributed by atoms with van der Waals surface area (Å²) in [6, 6.07) is 18.0. The van der Waals surface area contributed by atoms with E-state index in [1.54, 1.807) is 61.7 Å². The molecule has 0 heterocycles. The van der Waals surface area contributed by atoms with E-state index in [1.165, 1.54) is 23.5 Å². The molecule has 0 bridgehead atoms. The van der Waals surface area contributed by atoms with Gasteiger partial charge in [-0.15, -0.1) is 0 Å². The molecule has 3 aromatic carbocycles. The number of methoxy groups -OCH3 is 2. The van der Waals surface area contributed by atoms with Crippen molar-refractivity contribution in [2.24, 2.45) is 0 Å². The largest absolute Gasteiger partial charge is 0.493 e. The Morgan fingerprint density at radius 1 is 0.828 bits per heavy atom. The van der Waals surface area contributed by atoms with Crippen molar-refractivity contribution in [2.45, 2.75) is 11.4 Å². The second kappa shape index (κ2) is 8.95. The second-order valence-electron chi connectivity index (χ2n) is 6.13. The maximum atomic E-state index is 13.4. The zero-order valence-corrected chi connectivity index (χ0v) is 18.1. The number of rotatable bonds is 7. The SMILES string of the molecule is COc1ccc(CN(c2cccc(Cl)c2)S(=O)(=O)c2ccc(Cl)cc2)cc1OC. The Labute approximate surface area is 180 Å². The molecule has 0 spiro atoms. The molecule has 0 unspecified atom stereocenters. The van der Waals surface area contributed by atoms with Crippen molar-refractivity contribution in [3.63, 3.8) is 0 Å². The van der Waals surface area contributed by atoms with Gasteiger partial charge >= 0.3 is 0 Å². The summed E-state index contributed by atoms with van der Waals surface area (Å²) >= 11 is 12.0. The average Bonchev–Trinajstić information content (AvgIpc) is 2.72. The predicted octanol–water partition coefficient (Wildman–Crippen LogP) is 5.41. The summed E-state index contributed by atoms with van der Waals surface area (Å²) in [5.41, 5.74) is 1.17. The van der Waals surface area contributed by atoms with Crippen LogP contribution in [0.15, 0.2) is 71.6 Å². The highest BCUT2D eigenvalue weighted by atomic mass is 35.5. The van der Waals surface area contributed by atoms with Crippen LogP contribution in [0.4, 0.5) is 5.69 Å². The third kappa shape index (κ3) is 4.78. The van der Waals surface area contributed by atoms with Gasteiger partial charge in [0.2, 0.25) is 0 Å². The van der Waals surface area contributed by atoms with Crippen LogP contribution in [0.3, 0.4) is 0 Å². The highest BCUT2D eigenvalue weighted by Gasteiger charge is 2.26. The number of nitrogens with zero attached hydrogens (tertiary/aromatic N) is 1. The molecule has 0 saturated carbocycles. The van der Waals surface area contributed by atoms with Crippen LogP contribution in [0, 0.1) is 0 Å². The quantitative estimate of drug-likeness (QED) is 0.481. The van der Waals surface area contributed by atoms with Crippen LogP contribution in [0.1, 0.15) is 5.56 Å². The molecule has 0 aliphatic heterocycles. The fraction of sp³-hybridized carbons (Fsp3) is 0.143.